The van der Waals surface area contributed by atoms with Gasteiger partial charge in [0, 0.05) is 11.5 Å². The largest absolute Gasteiger partial charge is 0.491 e. The summed E-state index contributed by atoms with van der Waals surface area (Å²) < 4.78 is 184. The molecule has 0 heterocycles. The molecule has 2 rings (SSSR count). The molecule has 15 heteroatoms. The van der Waals surface area contributed by atoms with Gasteiger partial charge in [0.25, 0.3) is 0 Å². The summed E-state index contributed by atoms with van der Waals surface area (Å²) in [7, 11) is 0. The van der Waals surface area contributed by atoms with E-state index in [1.807, 2.05) is 0 Å². The summed E-state index contributed by atoms with van der Waals surface area (Å²) in [5.74, 6) is -40.0. The highest BCUT2D eigenvalue weighted by Gasteiger charge is 2.90. The van der Waals surface area contributed by atoms with Gasteiger partial charge in [-0.15, -0.1) is 0 Å². The van der Waals surface area contributed by atoms with Crippen molar-refractivity contribution in [3.8, 4) is 5.75 Å². The van der Waals surface area contributed by atoms with E-state index < -0.39 is 71.1 Å². The summed E-state index contributed by atoms with van der Waals surface area (Å²) in [4.78, 5) is 0. The van der Waals surface area contributed by atoms with Crippen LogP contribution in [0.4, 0.5) is 57.1 Å². The first-order valence-corrected chi connectivity index (χ1v) is 11.4. The molecule has 0 aliphatic heterocycles. The average molecular weight is 602 g/mol. The maximum atomic E-state index is 15.1. The van der Waals surface area contributed by atoms with Crippen molar-refractivity contribution in [1.29, 1.82) is 0 Å². The van der Waals surface area contributed by atoms with E-state index in [0.717, 1.165) is 25.1 Å². The zero-order valence-electron chi connectivity index (χ0n) is 20.8. The fourth-order valence-corrected chi connectivity index (χ4v) is 3.93. The lowest BCUT2D eigenvalue weighted by Crippen LogP contribution is -2.70. The van der Waals surface area contributed by atoms with Crippen LogP contribution < -0.4 is 4.74 Å². The van der Waals surface area contributed by atoms with Gasteiger partial charge in [0.1, 0.15) is 11.4 Å². The monoisotopic (exact) mass is 602 g/mol. The summed E-state index contributed by atoms with van der Waals surface area (Å²) in [5, 5.41) is 11.5. The first kappa shape index (κ1) is 33.5. The molecule has 0 saturated heterocycles. The zero-order valence-corrected chi connectivity index (χ0v) is 20.8. The standard InChI is InChI=1S/C25H23F13O2/c1-14(2)40-18-12-8-7-11-17(18)19(39,15(3)16-9-5-4-6-10-16)13-20(26,27)21(28,29)22(30,31)23(32,33)24(34,35)25(36,37)38/h4-12,14-15,39H,13H2,1-3H3. The molecule has 2 aromatic rings. The summed E-state index contributed by atoms with van der Waals surface area (Å²) >= 11 is 0. The van der Waals surface area contributed by atoms with Crippen molar-refractivity contribution in [1.82, 2.24) is 0 Å². The van der Waals surface area contributed by atoms with Crippen molar-refractivity contribution >= 4 is 0 Å². The van der Waals surface area contributed by atoms with Crippen LogP contribution in [-0.4, -0.2) is 47.0 Å². The highest BCUT2D eigenvalue weighted by atomic mass is 19.4. The number of halogens is 13. The number of rotatable bonds is 11. The second-order valence-electron chi connectivity index (χ2n) is 9.40. The van der Waals surface area contributed by atoms with Gasteiger partial charge in [0.15, 0.2) is 0 Å². The maximum Gasteiger partial charge on any atom is 0.460 e. The topological polar surface area (TPSA) is 29.5 Å². The van der Waals surface area contributed by atoms with Crippen molar-refractivity contribution in [2.45, 2.75) is 80.6 Å². The van der Waals surface area contributed by atoms with Gasteiger partial charge in [0.05, 0.1) is 12.5 Å². The predicted molar refractivity (Wildman–Crippen MR) is 116 cm³/mol. The molecule has 2 nitrogen and oxygen atoms in total. The molecule has 226 valence electrons. The Balaban J connectivity index is 2.76. The molecule has 0 bridgehead atoms. The van der Waals surface area contributed by atoms with Gasteiger partial charge in [-0.05, 0) is 25.5 Å². The molecule has 1 N–H and O–H groups in total. The van der Waals surface area contributed by atoms with Gasteiger partial charge >= 0.3 is 35.8 Å². The summed E-state index contributed by atoms with van der Waals surface area (Å²) in [6.07, 6.45) is -11.1. The van der Waals surface area contributed by atoms with E-state index in [4.69, 9.17) is 4.74 Å². The van der Waals surface area contributed by atoms with Crippen molar-refractivity contribution in [2.24, 2.45) is 0 Å². The Kier molecular flexibility index (Phi) is 8.88. The van der Waals surface area contributed by atoms with Crippen molar-refractivity contribution in [3.05, 3.63) is 65.7 Å². The fourth-order valence-electron chi connectivity index (χ4n) is 3.93. The van der Waals surface area contributed by atoms with Crippen LogP contribution in [0.25, 0.3) is 0 Å². The molecule has 0 aromatic heterocycles. The third kappa shape index (κ3) is 5.45. The number of hydrogen-bond acceptors (Lipinski definition) is 2. The minimum absolute atomic E-state index is 0.0517. The minimum Gasteiger partial charge on any atom is -0.491 e. The molecule has 0 fully saturated rings. The molecule has 0 spiro atoms. The van der Waals surface area contributed by atoms with E-state index in [0.29, 0.717) is 0 Å². The molecule has 0 amide bonds. The lowest BCUT2D eigenvalue weighted by atomic mass is 9.73. The van der Waals surface area contributed by atoms with Gasteiger partial charge in [-0.25, -0.2) is 0 Å². The lowest BCUT2D eigenvalue weighted by Gasteiger charge is -2.43. The summed E-state index contributed by atoms with van der Waals surface area (Å²) in [5.41, 5.74) is -4.12. The van der Waals surface area contributed by atoms with Gasteiger partial charge in [-0.2, -0.15) is 57.1 Å². The number of aliphatic hydroxyl groups is 1. The Bertz CT molecular complexity index is 1150. The van der Waals surface area contributed by atoms with Crippen LogP contribution in [0.3, 0.4) is 0 Å². The molecule has 0 radical (unpaired) electrons. The Hall–Kier alpha value is -2.71. The number of para-hydroxylation sites is 1. The van der Waals surface area contributed by atoms with Crippen molar-refractivity contribution in [2.75, 3.05) is 0 Å². The smallest absolute Gasteiger partial charge is 0.460 e. The lowest BCUT2D eigenvalue weighted by molar-refractivity contribution is -0.441. The van der Waals surface area contributed by atoms with Gasteiger partial charge in [0.2, 0.25) is 0 Å². The quantitative estimate of drug-likeness (QED) is 0.261. The molecular formula is C25H23F13O2. The first-order chi connectivity index (χ1) is 17.9. The number of alkyl halides is 13. The molecule has 0 aliphatic rings. The van der Waals surface area contributed by atoms with E-state index in [2.05, 4.69) is 0 Å². The van der Waals surface area contributed by atoms with Crippen LogP contribution in [-0.2, 0) is 5.60 Å². The first-order valence-electron chi connectivity index (χ1n) is 11.4. The van der Waals surface area contributed by atoms with Crippen LogP contribution >= 0.6 is 0 Å². The van der Waals surface area contributed by atoms with E-state index >= 15 is 8.78 Å². The Labute approximate surface area is 219 Å². The highest BCUT2D eigenvalue weighted by Crippen LogP contribution is 2.62. The average Bonchev–Trinajstić information content (AvgIpc) is 2.82. The van der Waals surface area contributed by atoms with E-state index in [9.17, 15) is 53.4 Å². The fraction of sp³-hybridized carbons (Fsp3) is 0.520. The molecule has 2 atom stereocenters. The Morgan fingerprint density at radius 1 is 0.625 bits per heavy atom. The summed E-state index contributed by atoms with van der Waals surface area (Å²) in [6.45, 7) is 3.85. The second-order valence-corrected chi connectivity index (χ2v) is 9.40. The van der Waals surface area contributed by atoms with Crippen LogP contribution in [0, 0.1) is 0 Å². The van der Waals surface area contributed by atoms with E-state index in [-0.39, 0.29) is 5.56 Å². The van der Waals surface area contributed by atoms with Gasteiger partial charge < -0.3 is 9.84 Å². The van der Waals surface area contributed by atoms with Crippen molar-refractivity contribution in [3.63, 3.8) is 0 Å². The second kappa shape index (κ2) is 10.6. The Morgan fingerprint density at radius 3 is 1.55 bits per heavy atom. The minimum atomic E-state index is -8.03. The van der Waals surface area contributed by atoms with Crippen LogP contribution in [0.2, 0.25) is 0 Å². The number of ether oxygens (including phenoxy) is 1. The maximum absolute atomic E-state index is 15.1. The highest BCUT2D eigenvalue weighted by molar-refractivity contribution is 5.42. The van der Waals surface area contributed by atoms with Gasteiger partial charge in [-0.1, -0.05) is 55.5 Å². The van der Waals surface area contributed by atoms with Crippen LogP contribution in [0.5, 0.6) is 5.75 Å². The predicted octanol–water partition coefficient (Wildman–Crippen LogP) is 8.59. The zero-order chi connectivity index (χ0) is 31.2. The normalized spacial score (nSPS) is 16.6. The molecular weight excluding hydrogens is 579 g/mol. The summed E-state index contributed by atoms with van der Waals surface area (Å²) in [6, 6.07) is 10.8. The number of benzene rings is 2. The van der Waals surface area contributed by atoms with Crippen molar-refractivity contribution < 1.29 is 66.9 Å². The van der Waals surface area contributed by atoms with Gasteiger partial charge in [-0.3, -0.25) is 0 Å². The van der Waals surface area contributed by atoms with Crippen LogP contribution in [0.15, 0.2) is 54.6 Å². The van der Waals surface area contributed by atoms with E-state index in [1.165, 1.54) is 50.2 Å². The third-order valence-electron chi connectivity index (χ3n) is 6.22. The molecule has 2 unspecified atom stereocenters. The molecule has 0 saturated carbocycles. The molecule has 2 aromatic carbocycles. The third-order valence-corrected chi connectivity index (χ3v) is 6.22. The number of hydrogen-bond donors (Lipinski definition) is 1. The molecule has 40 heavy (non-hydrogen) atoms. The van der Waals surface area contributed by atoms with Crippen LogP contribution in [0.1, 0.15) is 44.2 Å². The SMILES string of the molecule is CC(C)Oc1ccccc1C(O)(CC(F)(F)C(F)(F)C(F)(F)C(F)(F)C(F)(F)C(F)(F)F)C(C)c1ccccc1. The molecule has 0 aliphatic carbocycles. The van der Waals surface area contributed by atoms with E-state index in [1.54, 1.807) is 0 Å². The Morgan fingerprint density at radius 2 is 1.07 bits per heavy atom.